The van der Waals surface area contributed by atoms with E-state index in [1.807, 2.05) is 0 Å². The summed E-state index contributed by atoms with van der Waals surface area (Å²) in [5, 5.41) is 7.98. The van der Waals surface area contributed by atoms with Gasteiger partial charge in [-0.1, -0.05) is 0 Å². The summed E-state index contributed by atoms with van der Waals surface area (Å²) < 4.78 is 0. The van der Waals surface area contributed by atoms with Gasteiger partial charge in [-0.15, -0.1) is 0 Å². The Bertz CT molecular complexity index is 126. The van der Waals surface area contributed by atoms with Crippen molar-refractivity contribution < 1.29 is 9.90 Å². The van der Waals surface area contributed by atoms with E-state index in [9.17, 15) is 4.79 Å². The molecule has 44 valence electrons. The molecule has 0 aromatic carbocycles. The highest BCUT2D eigenvalue weighted by Gasteiger charge is 1.79. The maximum Gasteiger partial charge on any atom is 0.329 e. The SMILES string of the molecule is CC=N/C=C/C(=O)O. The fraction of sp³-hybridized carbons (Fsp3) is 0.200. The Balaban J connectivity index is 3.50. The van der Waals surface area contributed by atoms with Crippen LogP contribution in [0.3, 0.4) is 0 Å². The van der Waals surface area contributed by atoms with E-state index in [1.54, 1.807) is 6.92 Å². The number of carboxylic acids is 1. The molecular formula is C5H7NO2. The van der Waals surface area contributed by atoms with E-state index < -0.39 is 5.97 Å². The molecule has 8 heavy (non-hydrogen) atoms. The first-order valence-corrected chi connectivity index (χ1v) is 2.14. The minimum absolute atomic E-state index is 0.972. The standard InChI is InChI=1S/C5H7NO2/c1-2-6-4-3-5(7)8/h2-4H,1H3,(H,7,8)/b4-3+,6-2?. The lowest BCUT2D eigenvalue weighted by molar-refractivity contribution is -0.131. The van der Waals surface area contributed by atoms with Crippen molar-refractivity contribution in [2.45, 2.75) is 6.92 Å². The van der Waals surface area contributed by atoms with Crippen LogP contribution in [0.15, 0.2) is 17.3 Å². The highest BCUT2D eigenvalue weighted by atomic mass is 16.4. The van der Waals surface area contributed by atoms with Gasteiger partial charge in [0.2, 0.25) is 0 Å². The van der Waals surface area contributed by atoms with Crippen molar-refractivity contribution in [2.24, 2.45) is 4.99 Å². The predicted octanol–water partition coefficient (Wildman–Crippen LogP) is 0.675. The molecule has 0 aliphatic rings. The first kappa shape index (κ1) is 6.88. The first-order chi connectivity index (χ1) is 3.77. The zero-order valence-corrected chi connectivity index (χ0v) is 4.53. The number of aliphatic imine (C=N–C) groups is 1. The molecule has 0 aromatic heterocycles. The van der Waals surface area contributed by atoms with Gasteiger partial charge in [-0.2, -0.15) is 0 Å². The molecule has 0 atom stereocenters. The highest BCUT2D eigenvalue weighted by Crippen LogP contribution is 1.71. The third kappa shape index (κ3) is 4.88. The summed E-state index contributed by atoms with van der Waals surface area (Å²) in [6.45, 7) is 1.71. The maximum atomic E-state index is 9.71. The molecule has 0 rings (SSSR count). The largest absolute Gasteiger partial charge is 0.478 e. The van der Waals surface area contributed by atoms with Gasteiger partial charge in [0, 0.05) is 18.5 Å². The normalized spacial score (nSPS) is 11.1. The minimum atomic E-state index is -0.976. The zero-order valence-electron chi connectivity index (χ0n) is 4.53. The number of aliphatic carboxylic acids is 1. The Labute approximate surface area is 47.4 Å². The maximum absolute atomic E-state index is 9.71. The van der Waals surface area contributed by atoms with Crippen LogP contribution in [0, 0.1) is 0 Å². The van der Waals surface area contributed by atoms with Crippen LogP contribution in [0.4, 0.5) is 0 Å². The van der Waals surface area contributed by atoms with Crippen LogP contribution in [0.5, 0.6) is 0 Å². The average molecular weight is 113 g/mol. The number of rotatable bonds is 2. The molecule has 0 bridgehead atoms. The third-order valence-electron chi connectivity index (χ3n) is 0.452. The Kier molecular flexibility index (Phi) is 3.48. The van der Waals surface area contributed by atoms with Crippen LogP contribution >= 0.6 is 0 Å². The van der Waals surface area contributed by atoms with E-state index in [0.717, 1.165) is 6.08 Å². The second kappa shape index (κ2) is 4.05. The monoisotopic (exact) mass is 113 g/mol. The fourth-order valence-electron chi connectivity index (χ4n) is 0.193. The van der Waals surface area contributed by atoms with Crippen molar-refractivity contribution in [1.29, 1.82) is 0 Å². The molecule has 0 saturated carbocycles. The molecule has 3 nitrogen and oxygen atoms in total. The molecule has 0 unspecified atom stereocenters. The van der Waals surface area contributed by atoms with Gasteiger partial charge >= 0.3 is 5.97 Å². The molecule has 0 radical (unpaired) electrons. The van der Waals surface area contributed by atoms with Gasteiger partial charge < -0.3 is 5.11 Å². The van der Waals surface area contributed by atoms with Crippen molar-refractivity contribution in [2.75, 3.05) is 0 Å². The topological polar surface area (TPSA) is 49.7 Å². The number of carboxylic acid groups (broad SMARTS) is 1. The Morgan fingerprint density at radius 3 is 2.75 bits per heavy atom. The van der Waals surface area contributed by atoms with E-state index in [-0.39, 0.29) is 0 Å². The first-order valence-electron chi connectivity index (χ1n) is 2.14. The third-order valence-corrected chi connectivity index (χ3v) is 0.452. The number of hydrogen-bond acceptors (Lipinski definition) is 2. The van der Waals surface area contributed by atoms with Crippen molar-refractivity contribution >= 4 is 12.2 Å². The molecule has 0 aliphatic heterocycles. The number of nitrogens with zero attached hydrogens (tertiary/aromatic N) is 1. The van der Waals surface area contributed by atoms with Crippen LogP contribution < -0.4 is 0 Å². The van der Waals surface area contributed by atoms with Crippen molar-refractivity contribution in [1.82, 2.24) is 0 Å². The summed E-state index contributed by atoms with van der Waals surface area (Å²) in [6, 6.07) is 0. The number of hydrogen-bond donors (Lipinski definition) is 1. The lowest BCUT2D eigenvalue weighted by Crippen LogP contribution is -1.84. The lowest BCUT2D eigenvalue weighted by atomic mass is 10.6. The summed E-state index contributed by atoms with van der Waals surface area (Å²) in [6.07, 6.45) is 3.71. The molecule has 1 N–H and O–H groups in total. The highest BCUT2D eigenvalue weighted by molar-refractivity contribution is 5.79. The van der Waals surface area contributed by atoms with Gasteiger partial charge in [-0.05, 0) is 6.92 Å². The van der Waals surface area contributed by atoms with E-state index in [4.69, 9.17) is 5.11 Å². The minimum Gasteiger partial charge on any atom is -0.478 e. The van der Waals surface area contributed by atoms with Gasteiger partial charge in [0.05, 0.1) is 0 Å². The summed E-state index contributed by atoms with van der Waals surface area (Å²) in [5.41, 5.74) is 0. The molecule has 0 aromatic rings. The zero-order chi connectivity index (χ0) is 6.41. The Hall–Kier alpha value is -1.12. The Morgan fingerprint density at radius 2 is 2.38 bits per heavy atom. The molecule has 0 amide bonds. The quantitative estimate of drug-likeness (QED) is 0.422. The fourth-order valence-corrected chi connectivity index (χ4v) is 0.193. The Morgan fingerprint density at radius 1 is 1.75 bits per heavy atom. The van der Waals surface area contributed by atoms with Crippen LogP contribution in [0.1, 0.15) is 6.92 Å². The van der Waals surface area contributed by atoms with E-state index in [1.165, 1.54) is 12.4 Å². The van der Waals surface area contributed by atoms with Crippen LogP contribution in [0.25, 0.3) is 0 Å². The second-order valence-electron chi connectivity index (χ2n) is 1.06. The van der Waals surface area contributed by atoms with E-state index in [0.29, 0.717) is 0 Å². The van der Waals surface area contributed by atoms with Crippen molar-refractivity contribution in [3.63, 3.8) is 0 Å². The van der Waals surface area contributed by atoms with Gasteiger partial charge in [0.1, 0.15) is 0 Å². The average Bonchev–Trinajstić information content (AvgIpc) is 1.66. The van der Waals surface area contributed by atoms with Crippen molar-refractivity contribution in [3.05, 3.63) is 12.3 Å². The smallest absolute Gasteiger partial charge is 0.329 e. The summed E-state index contributed by atoms with van der Waals surface area (Å²) in [5.74, 6) is -0.976. The van der Waals surface area contributed by atoms with Crippen LogP contribution in [0.2, 0.25) is 0 Å². The number of carbonyl (C=O) groups is 1. The lowest BCUT2D eigenvalue weighted by Gasteiger charge is -1.72. The molecule has 0 heterocycles. The summed E-state index contributed by atoms with van der Waals surface area (Å²) in [7, 11) is 0. The van der Waals surface area contributed by atoms with Gasteiger partial charge in [0.15, 0.2) is 0 Å². The van der Waals surface area contributed by atoms with Gasteiger partial charge in [-0.3, -0.25) is 4.99 Å². The van der Waals surface area contributed by atoms with Gasteiger partial charge in [0.25, 0.3) is 0 Å². The van der Waals surface area contributed by atoms with E-state index >= 15 is 0 Å². The van der Waals surface area contributed by atoms with Crippen molar-refractivity contribution in [3.8, 4) is 0 Å². The molecule has 0 fully saturated rings. The molecule has 0 aliphatic carbocycles. The van der Waals surface area contributed by atoms with Gasteiger partial charge in [-0.25, -0.2) is 4.79 Å². The second-order valence-corrected chi connectivity index (χ2v) is 1.06. The molecule has 3 heteroatoms. The summed E-state index contributed by atoms with van der Waals surface area (Å²) in [4.78, 5) is 13.2. The molecular weight excluding hydrogens is 106 g/mol. The van der Waals surface area contributed by atoms with E-state index in [2.05, 4.69) is 4.99 Å². The predicted molar refractivity (Wildman–Crippen MR) is 30.9 cm³/mol. The van der Waals surface area contributed by atoms with Crippen LogP contribution in [-0.4, -0.2) is 17.3 Å². The molecule has 0 saturated heterocycles. The summed E-state index contributed by atoms with van der Waals surface area (Å²) >= 11 is 0. The van der Waals surface area contributed by atoms with Crippen LogP contribution in [-0.2, 0) is 4.79 Å². The molecule has 0 spiro atoms.